The minimum Gasteiger partial charge on any atom is -0.464 e. The molecule has 2 amide bonds. The van der Waals surface area contributed by atoms with Gasteiger partial charge in [-0.3, -0.25) is 9.59 Å². The number of esters is 1. The molecule has 1 aliphatic heterocycles. The molecule has 0 aliphatic carbocycles. The van der Waals surface area contributed by atoms with Crippen molar-refractivity contribution in [3.05, 3.63) is 29.6 Å². The van der Waals surface area contributed by atoms with Gasteiger partial charge in [-0.2, -0.15) is 0 Å². The van der Waals surface area contributed by atoms with Gasteiger partial charge in [0.25, 0.3) is 11.8 Å². The summed E-state index contributed by atoms with van der Waals surface area (Å²) in [6.45, 7) is 2.08. The highest BCUT2D eigenvalue weighted by molar-refractivity contribution is 5.91. The van der Waals surface area contributed by atoms with Crippen LogP contribution in [0.5, 0.6) is 0 Å². The van der Waals surface area contributed by atoms with Gasteiger partial charge in [0.15, 0.2) is 30.5 Å². The van der Waals surface area contributed by atoms with E-state index in [4.69, 9.17) is 4.74 Å². The number of nitrogens with one attached hydrogen (secondary N) is 2. The van der Waals surface area contributed by atoms with E-state index in [1.54, 1.807) is 14.0 Å². The van der Waals surface area contributed by atoms with E-state index in [2.05, 4.69) is 5.32 Å². The third-order valence-electron chi connectivity index (χ3n) is 4.61. The number of amides is 2. The van der Waals surface area contributed by atoms with Gasteiger partial charge in [0.2, 0.25) is 0 Å². The Morgan fingerprint density at radius 2 is 1.90 bits per heavy atom. The van der Waals surface area contributed by atoms with E-state index in [9.17, 15) is 27.6 Å². The SMILES string of the molecule is CCOC(=O)[C@H]1CCCCN1C(=O)C[NH+](C)CC(=O)Nc1ccc(F)c(F)c1F. The Morgan fingerprint density at radius 3 is 2.59 bits per heavy atom. The summed E-state index contributed by atoms with van der Waals surface area (Å²) in [5.74, 6) is -5.92. The second-order valence-electron chi connectivity index (χ2n) is 6.93. The Kier molecular flexibility index (Phi) is 8.00. The van der Waals surface area contributed by atoms with Crippen molar-refractivity contribution in [3.8, 4) is 0 Å². The van der Waals surface area contributed by atoms with Crippen LogP contribution < -0.4 is 10.2 Å². The lowest BCUT2D eigenvalue weighted by atomic mass is 10.0. The molecule has 0 bridgehead atoms. The number of piperidine rings is 1. The first-order chi connectivity index (χ1) is 13.7. The first-order valence-corrected chi connectivity index (χ1v) is 9.45. The molecular weight excluding hydrogens is 391 g/mol. The van der Waals surface area contributed by atoms with Crippen LogP contribution in [-0.4, -0.2) is 62.0 Å². The maximum atomic E-state index is 13.7. The Morgan fingerprint density at radius 1 is 1.17 bits per heavy atom. The number of carbonyl (C=O) groups excluding carboxylic acids is 3. The zero-order chi connectivity index (χ0) is 21.6. The predicted molar refractivity (Wildman–Crippen MR) is 97.6 cm³/mol. The standard InChI is InChI=1S/C19H24F3N3O4/c1-3-29-19(28)14-6-4-5-9-25(14)16(27)11-24(2)10-15(26)23-13-8-7-12(20)17(21)18(13)22/h7-8,14H,3-6,9-11H2,1-2H3,(H,23,26)/p+1/t14-/m1/s1. The number of hydrogen-bond acceptors (Lipinski definition) is 4. The van der Waals surface area contributed by atoms with E-state index in [0.29, 0.717) is 23.9 Å². The van der Waals surface area contributed by atoms with E-state index in [-0.39, 0.29) is 25.6 Å². The maximum Gasteiger partial charge on any atom is 0.328 e. The number of likely N-dealkylation sites (tertiary alicyclic amines) is 1. The van der Waals surface area contributed by atoms with Crippen molar-refractivity contribution in [1.82, 2.24) is 4.90 Å². The first-order valence-electron chi connectivity index (χ1n) is 9.45. The number of benzene rings is 1. The van der Waals surface area contributed by atoms with E-state index in [1.807, 2.05) is 0 Å². The van der Waals surface area contributed by atoms with E-state index in [1.165, 1.54) is 4.90 Å². The van der Waals surface area contributed by atoms with Crippen molar-refractivity contribution in [2.75, 3.05) is 38.6 Å². The van der Waals surface area contributed by atoms with Crippen molar-refractivity contribution < 1.29 is 37.2 Å². The van der Waals surface area contributed by atoms with Crippen LogP contribution in [0, 0.1) is 17.5 Å². The van der Waals surface area contributed by atoms with Gasteiger partial charge in [0, 0.05) is 6.54 Å². The lowest BCUT2D eigenvalue weighted by Crippen LogP contribution is -3.11. The lowest BCUT2D eigenvalue weighted by molar-refractivity contribution is -0.862. The Labute approximate surface area is 166 Å². The Hall–Kier alpha value is -2.62. The number of quaternary nitrogens is 1. The summed E-state index contributed by atoms with van der Waals surface area (Å²) >= 11 is 0. The zero-order valence-electron chi connectivity index (χ0n) is 16.4. The average Bonchev–Trinajstić information content (AvgIpc) is 2.68. The smallest absolute Gasteiger partial charge is 0.328 e. The Bertz CT molecular complexity index is 775. The van der Waals surface area contributed by atoms with Crippen LogP contribution in [-0.2, 0) is 19.1 Å². The fraction of sp³-hybridized carbons (Fsp3) is 0.526. The molecule has 0 spiro atoms. The molecule has 160 valence electrons. The molecule has 10 heteroatoms. The van der Waals surface area contributed by atoms with Crippen LogP contribution in [0.25, 0.3) is 0 Å². The highest BCUT2D eigenvalue weighted by Crippen LogP contribution is 2.19. The molecule has 1 heterocycles. The van der Waals surface area contributed by atoms with Crippen molar-refractivity contribution in [1.29, 1.82) is 0 Å². The summed E-state index contributed by atoms with van der Waals surface area (Å²) in [5, 5.41) is 2.17. The van der Waals surface area contributed by atoms with Crippen LogP contribution in [0.15, 0.2) is 12.1 Å². The summed E-state index contributed by atoms with van der Waals surface area (Å²) in [4.78, 5) is 38.7. The van der Waals surface area contributed by atoms with E-state index < -0.39 is 41.1 Å². The topological polar surface area (TPSA) is 80.2 Å². The normalized spacial score (nSPS) is 17.6. The van der Waals surface area contributed by atoms with Gasteiger partial charge >= 0.3 is 5.97 Å². The van der Waals surface area contributed by atoms with Gasteiger partial charge in [-0.1, -0.05) is 0 Å². The minimum atomic E-state index is -1.67. The van der Waals surface area contributed by atoms with Crippen molar-refractivity contribution >= 4 is 23.5 Å². The fourth-order valence-electron chi connectivity index (χ4n) is 3.23. The van der Waals surface area contributed by atoms with Gasteiger partial charge in [-0.15, -0.1) is 0 Å². The van der Waals surface area contributed by atoms with Crippen molar-refractivity contribution in [2.45, 2.75) is 32.2 Å². The summed E-state index contributed by atoms with van der Waals surface area (Å²) in [7, 11) is 1.59. The van der Waals surface area contributed by atoms with Crippen LogP contribution >= 0.6 is 0 Å². The number of rotatable bonds is 7. The van der Waals surface area contributed by atoms with Crippen LogP contribution in [0.4, 0.5) is 18.9 Å². The number of anilines is 1. The van der Waals surface area contributed by atoms with Gasteiger partial charge in [0.05, 0.1) is 19.3 Å². The van der Waals surface area contributed by atoms with E-state index >= 15 is 0 Å². The quantitative estimate of drug-likeness (QED) is 0.501. The molecule has 2 rings (SSSR count). The summed E-state index contributed by atoms with van der Waals surface area (Å²) < 4.78 is 44.9. The van der Waals surface area contributed by atoms with Gasteiger partial charge in [0.1, 0.15) is 6.04 Å². The second-order valence-corrected chi connectivity index (χ2v) is 6.93. The molecule has 1 fully saturated rings. The molecule has 2 N–H and O–H groups in total. The zero-order valence-corrected chi connectivity index (χ0v) is 16.4. The molecule has 1 aliphatic rings. The maximum absolute atomic E-state index is 13.7. The lowest BCUT2D eigenvalue weighted by Gasteiger charge is -2.34. The van der Waals surface area contributed by atoms with E-state index in [0.717, 1.165) is 18.9 Å². The van der Waals surface area contributed by atoms with Gasteiger partial charge < -0.3 is 19.9 Å². The molecule has 29 heavy (non-hydrogen) atoms. The van der Waals surface area contributed by atoms with Crippen LogP contribution in [0.2, 0.25) is 0 Å². The molecule has 2 atom stereocenters. The van der Waals surface area contributed by atoms with Crippen LogP contribution in [0.3, 0.4) is 0 Å². The highest BCUT2D eigenvalue weighted by atomic mass is 19.2. The van der Waals surface area contributed by atoms with Gasteiger partial charge in [-0.05, 0) is 38.3 Å². The summed E-state index contributed by atoms with van der Waals surface area (Å²) in [6, 6.07) is 0.998. The summed E-state index contributed by atoms with van der Waals surface area (Å²) in [5.41, 5.74) is -0.480. The summed E-state index contributed by atoms with van der Waals surface area (Å²) in [6.07, 6.45) is 2.12. The number of carbonyl (C=O) groups is 3. The molecule has 7 nitrogen and oxygen atoms in total. The predicted octanol–water partition coefficient (Wildman–Crippen LogP) is 0.501. The molecule has 1 aromatic rings. The van der Waals surface area contributed by atoms with Crippen molar-refractivity contribution in [2.24, 2.45) is 0 Å². The Balaban J connectivity index is 1.92. The van der Waals surface area contributed by atoms with Gasteiger partial charge in [-0.25, -0.2) is 18.0 Å². The molecule has 1 unspecified atom stereocenters. The number of likely N-dealkylation sites (N-methyl/N-ethyl adjacent to an activating group) is 1. The molecule has 0 saturated carbocycles. The average molecular weight is 416 g/mol. The second kappa shape index (κ2) is 10.2. The molecule has 1 saturated heterocycles. The number of nitrogens with zero attached hydrogens (tertiary/aromatic N) is 1. The molecule has 1 aromatic carbocycles. The number of halogens is 3. The highest BCUT2D eigenvalue weighted by Gasteiger charge is 2.34. The molecule has 0 radical (unpaired) electrons. The fourth-order valence-corrected chi connectivity index (χ4v) is 3.23. The molecular formula is C19H25F3N3O4+. The third-order valence-corrected chi connectivity index (χ3v) is 4.61. The minimum absolute atomic E-state index is 0.0659. The first kappa shape index (κ1) is 22.7. The van der Waals surface area contributed by atoms with Crippen molar-refractivity contribution in [3.63, 3.8) is 0 Å². The number of hydrogen-bond donors (Lipinski definition) is 2. The number of ether oxygens (including phenoxy) is 1. The van der Waals surface area contributed by atoms with Crippen LogP contribution in [0.1, 0.15) is 26.2 Å². The molecule has 0 aromatic heterocycles. The third kappa shape index (κ3) is 5.93. The largest absolute Gasteiger partial charge is 0.464 e. The monoisotopic (exact) mass is 416 g/mol.